The molecule has 0 saturated heterocycles. The van der Waals surface area contributed by atoms with Gasteiger partial charge in [-0.05, 0) is 6.92 Å². The molecule has 0 aromatic carbocycles. The van der Waals surface area contributed by atoms with Gasteiger partial charge < -0.3 is 65.3 Å². The monoisotopic (exact) mass is 784 g/mol. The van der Waals surface area contributed by atoms with E-state index in [2.05, 4.69) is 0 Å². The summed E-state index contributed by atoms with van der Waals surface area (Å²) in [6, 6.07) is 0. The van der Waals surface area contributed by atoms with Crippen molar-refractivity contribution in [3.8, 4) is 0 Å². The fraction of sp³-hybridized carbons (Fsp3) is 0.567. The number of aliphatic hydroxyl groups excluding tert-OH is 3. The number of hydrogen-bond acceptors (Lipinski definition) is 18. The maximum atomic E-state index is 12.3. The number of ether oxygens (including phenoxy) is 3. The van der Waals surface area contributed by atoms with Gasteiger partial charge in [0.15, 0.2) is 23.9 Å². The van der Waals surface area contributed by atoms with Crippen LogP contribution in [0.3, 0.4) is 0 Å². The molecule has 0 aliphatic rings. The van der Waals surface area contributed by atoms with Crippen LogP contribution >= 0.6 is 0 Å². The van der Waals surface area contributed by atoms with Crippen LogP contribution in [0.15, 0.2) is 24.3 Å². The Morgan fingerprint density at radius 2 is 1.11 bits per heavy atom. The van der Waals surface area contributed by atoms with Crippen molar-refractivity contribution in [1.82, 2.24) is 9.80 Å². The Kier molecular flexibility index (Phi) is 24.6. The predicted molar refractivity (Wildman–Crippen MR) is 172 cm³/mol. The average molecular weight is 785 g/mol. The number of hydrogen-bond donors (Lipinski definition) is 10. The number of aliphatic carboxylic acids is 6. The highest BCUT2D eigenvalue weighted by molar-refractivity contribution is 5.88. The summed E-state index contributed by atoms with van der Waals surface area (Å²) < 4.78 is 14.8. The molecule has 0 fully saturated rings. The van der Waals surface area contributed by atoms with E-state index in [0.717, 1.165) is 22.8 Å². The summed E-state index contributed by atoms with van der Waals surface area (Å²) in [6.07, 6.45) is -5.14. The third-order valence-electron chi connectivity index (χ3n) is 6.26. The fourth-order valence-electron chi connectivity index (χ4n) is 4.03. The van der Waals surface area contributed by atoms with Gasteiger partial charge in [-0.3, -0.25) is 43.4 Å². The van der Waals surface area contributed by atoms with Crippen LogP contribution in [0, 0.1) is 0 Å². The Labute approximate surface area is 305 Å². The summed E-state index contributed by atoms with van der Waals surface area (Å²) in [4.78, 5) is 102. The summed E-state index contributed by atoms with van der Waals surface area (Å²) in [5, 5.41) is 91.3. The molecule has 5 atom stereocenters. The molecule has 0 aliphatic heterocycles. The van der Waals surface area contributed by atoms with Gasteiger partial charge in [0.25, 0.3) is 0 Å². The van der Waals surface area contributed by atoms with Crippen molar-refractivity contribution < 1.29 is 108 Å². The molecule has 306 valence electrons. The minimum Gasteiger partial charge on any atom is -0.481 e. The molecular weight excluding hydrogens is 740 g/mol. The van der Waals surface area contributed by atoms with Crippen molar-refractivity contribution in [1.29, 1.82) is 0 Å². The van der Waals surface area contributed by atoms with Crippen molar-refractivity contribution in [3.05, 3.63) is 24.3 Å². The lowest BCUT2D eigenvalue weighted by Gasteiger charge is -2.33. The van der Waals surface area contributed by atoms with E-state index < -0.39 is 136 Å². The third-order valence-corrected chi connectivity index (χ3v) is 6.26. The number of carbonyl (C=O) groups is 9. The Morgan fingerprint density at radius 3 is 1.44 bits per heavy atom. The molecule has 0 aromatic heterocycles. The summed E-state index contributed by atoms with van der Waals surface area (Å²) in [5.41, 5.74) is -3.07. The van der Waals surface area contributed by atoms with Crippen LogP contribution in [-0.4, -0.2) is 197 Å². The lowest BCUT2D eigenvalue weighted by atomic mass is 9.95. The first kappa shape index (κ1) is 50.6. The smallest absolute Gasteiger partial charge is 0.336 e. The SMILES string of the molecule is C/C=C/C=C/C(=O)O[C@@H]([C@H](OC(C)=O)[C@@H](O)CO)[C@@H](CO)OC(=O)CC(O)(CC(=O)O)C(=O)O.O=C(O)CN(CCN(CC(=O)O)CC(=O)O)CC(=O)O. The maximum Gasteiger partial charge on any atom is 0.336 e. The number of carboxylic acid groups (broad SMARTS) is 6. The molecule has 0 aliphatic carbocycles. The van der Waals surface area contributed by atoms with Crippen molar-refractivity contribution in [2.75, 3.05) is 52.5 Å². The number of rotatable bonds is 26. The van der Waals surface area contributed by atoms with Gasteiger partial charge in [-0.15, -0.1) is 0 Å². The third kappa shape index (κ3) is 23.1. The molecule has 0 bridgehead atoms. The van der Waals surface area contributed by atoms with E-state index in [0.29, 0.717) is 0 Å². The van der Waals surface area contributed by atoms with Crippen LogP contribution in [0.5, 0.6) is 0 Å². The normalized spacial score (nSPS) is 14.5. The van der Waals surface area contributed by atoms with Crippen LogP contribution in [0.4, 0.5) is 0 Å². The number of aliphatic hydroxyl groups is 4. The number of esters is 3. The van der Waals surface area contributed by atoms with Crippen LogP contribution < -0.4 is 0 Å². The molecule has 0 saturated carbocycles. The van der Waals surface area contributed by atoms with Gasteiger partial charge >= 0.3 is 53.7 Å². The zero-order valence-corrected chi connectivity index (χ0v) is 29.0. The first-order valence-corrected chi connectivity index (χ1v) is 15.3. The first-order chi connectivity index (χ1) is 25.0. The second-order valence-corrected chi connectivity index (χ2v) is 10.9. The molecule has 0 radical (unpaired) electrons. The average Bonchev–Trinajstić information content (AvgIpc) is 3.02. The van der Waals surface area contributed by atoms with Crippen molar-refractivity contribution in [2.24, 2.45) is 0 Å². The molecule has 24 nitrogen and oxygen atoms in total. The number of nitrogens with zero attached hydrogens (tertiary/aromatic N) is 2. The van der Waals surface area contributed by atoms with Gasteiger partial charge in [0, 0.05) is 26.1 Å². The highest BCUT2D eigenvalue weighted by Gasteiger charge is 2.45. The summed E-state index contributed by atoms with van der Waals surface area (Å²) in [6.45, 7) is -1.82. The molecule has 0 amide bonds. The van der Waals surface area contributed by atoms with E-state index in [1.807, 2.05) is 0 Å². The molecule has 1 unspecified atom stereocenters. The van der Waals surface area contributed by atoms with Gasteiger partial charge in [-0.1, -0.05) is 18.2 Å². The lowest BCUT2D eigenvalue weighted by Crippen LogP contribution is -2.53. The Bertz CT molecular complexity index is 1300. The van der Waals surface area contributed by atoms with Gasteiger partial charge in [0.1, 0.15) is 6.10 Å². The Balaban J connectivity index is 0. The van der Waals surface area contributed by atoms with E-state index >= 15 is 0 Å². The number of allylic oxidation sites excluding steroid dienone is 3. The van der Waals surface area contributed by atoms with E-state index in [1.54, 1.807) is 13.0 Å². The van der Waals surface area contributed by atoms with E-state index in [9.17, 15) is 63.6 Å². The molecule has 0 spiro atoms. The van der Waals surface area contributed by atoms with Crippen LogP contribution in [0.2, 0.25) is 0 Å². The second kappa shape index (κ2) is 26.3. The molecule has 54 heavy (non-hydrogen) atoms. The zero-order valence-electron chi connectivity index (χ0n) is 29.0. The maximum absolute atomic E-state index is 12.3. The topological polar surface area (TPSA) is 390 Å². The highest BCUT2D eigenvalue weighted by atomic mass is 16.6. The first-order valence-electron chi connectivity index (χ1n) is 15.3. The van der Waals surface area contributed by atoms with Gasteiger partial charge in [0.2, 0.25) is 0 Å². The number of carbonyl (C=O) groups excluding carboxylic acids is 3. The highest BCUT2D eigenvalue weighted by Crippen LogP contribution is 2.21. The summed E-state index contributed by atoms with van der Waals surface area (Å²) in [7, 11) is 0. The molecular formula is C30H44N2O22. The zero-order chi connectivity index (χ0) is 42.2. The van der Waals surface area contributed by atoms with Gasteiger partial charge in [-0.25, -0.2) is 9.59 Å². The van der Waals surface area contributed by atoms with Crippen LogP contribution in [-0.2, 0) is 57.4 Å². The standard InChI is InChI=1S/C20H28O14.C10H16N2O8/c1-3-4-5-6-15(27)34-18(17(12(24)9-21)32-11(2)23)13(10-22)33-16(28)8-20(31,19(29)30)7-14(25)26;13-7(14)3-11(4-8(15)16)1-2-12(5-9(17)18)6-10(19)20/h3-6,12-13,17-18,21-22,24,31H,7-10H2,1-2H3,(H,25,26)(H,29,30);1-6H2,(H,13,14)(H,15,16)(H,17,18)(H,19,20)/b4-3+,6-5+;/t12-,13+,17+,18+,20?;/m0./s1. The van der Waals surface area contributed by atoms with E-state index in [1.165, 1.54) is 12.2 Å². The van der Waals surface area contributed by atoms with Crippen molar-refractivity contribution in [2.45, 2.75) is 56.7 Å². The van der Waals surface area contributed by atoms with Gasteiger partial charge in [0.05, 0.1) is 52.2 Å². The molecule has 0 rings (SSSR count). The minimum atomic E-state index is -3.07. The molecule has 0 aromatic rings. The Morgan fingerprint density at radius 1 is 0.648 bits per heavy atom. The minimum absolute atomic E-state index is 0.0703. The largest absolute Gasteiger partial charge is 0.481 e. The van der Waals surface area contributed by atoms with Crippen molar-refractivity contribution >= 4 is 53.7 Å². The lowest BCUT2D eigenvalue weighted by molar-refractivity contribution is -0.199. The number of carboxylic acids is 6. The van der Waals surface area contributed by atoms with E-state index in [4.69, 9.17) is 44.8 Å². The van der Waals surface area contributed by atoms with Crippen LogP contribution in [0.25, 0.3) is 0 Å². The molecule has 24 heteroatoms. The van der Waals surface area contributed by atoms with E-state index in [-0.39, 0.29) is 13.1 Å². The fourth-order valence-corrected chi connectivity index (χ4v) is 4.03. The summed E-state index contributed by atoms with van der Waals surface area (Å²) >= 11 is 0. The Hall–Kier alpha value is -5.53. The predicted octanol–water partition coefficient (Wildman–Crippen LogP) is -4.17. The van der Waals surface area contributed by atoms with Gasteiger partial charge in [-0.2, -0.15) is 0 Å². The molecule has 10 N–H and O–H groups in total. The second-order valence-electron chi connectivity index (χ2n) is 10.9. The summed E-state index contributed by atoms with van der Waals surface area (Å²) in [5.74, 6) is -12.3. The molecule has 0 heterocycles. The quantitative estimate of drug-likeness (QED) is 0.0172. The van der Waals surface area contributed by atoms with Crippen molar-refractivity contribution in [3.63, 3.8) is 0 Å². The van der Waals surface area contributed by atoms with Crippen LogP contribution in [0.1, 0.15) is 26.7 Å².